The van der Waals surface area contributed by atoms with Crippen LogP contribution in [0.3, 0.4) is 0 Å². The van der Waals surface area contributed by atoms with Gasteiger partial charge in [0.1, 0.15) is 0 Å². The Hall–Kier alpha value is -2.88. The number of aryl methyl sites for hydroxylation is 1. The quantitative estimate of drug-likeness (QED) is 0.702. The van der Waals surface area contributed by atoms with Gasteiger partial charge in [0.05, 0.1) is 11.1 Å². The molecule has 0 aliphatic carbocycles. The summed E-state index contributed by atoms with van der Waals surface area (Å²) in [6, 6.07) is 12.4. The molecule has 0 aromatic heterocycles. The molecule has 0 atom stereocenters. The molecule has 0 aliphatic rings. The summed E-state index contributed by atoms with van der Waals surface area (Å²) in [4.78, 5) is 23.3. The van der Waals surface area contributed by atoms with Gasteiger partial charge in [-0.15, -0.1) is 0 Å². The molecule has 2 N–H and O–H groups in total. The highest BCUT2D eigenvalue weighted by Gasteiger charge is 2.21. The molecule has 3 aromatic rings. The summed E-state index contributed by atoms with van der Waals surface area (Å²) in [5.41, 5.74) is 0.646. The lowest BCUT2D eigenvalue weighted by Crippen LogP contribution is -2.07. The largest absolute Gasteiger partial charge is 0.478 e. The summed E-state index contributed by atoms with van der Waals surface area (Å²) in [6.45, 7) is 1.67. The first-order valence-electron chi connectivity index (χ1n) is 6.42. The number of carbonyl (C=O) groups is 2. The average Bonchev–Trinajstić information content (AvgIpc) is 2.44. The summed E-state index contributed by atoms with van der Waals surface area (Å²) in [5, 5.41) is 21.3. The second-order valence-electron chi connectivity index (χ2n) is 4.94. The average molecular weight is 280 g/mol. The van der Waals surface area contributed by atoms with E-state index >= 15 is 0 Å². The third-order valence-electron chi connectivity index (χ3n) is 3.66. The van der Waals surface area contributed by atoms with E-state index < -0.39 is 11.9 Å². The third-order valence-corrected chi connectivity index (χ3v) is 3.66. The van der Waals surface area contributed by atoms with Crippen molar-refractivity contribution < 1.29 is 19.8 Å². The first-order valence-corrected chi connectivity index (χ1v) is 6.42. The zero-order chi connectivity index (χ0) is 15.1. The number of hydrogen-bond donors (Lipinski definition) is 2. The summed E-state index contributed by atoms with van der Waals surface area (Å²) in [5.74, 6) is -2.24. The maximum absolute atomic E-state index is 11.7. The maximum Gasteiger partial charge on any atom is 0.336 e. The number of benzene rings is 3. The SMILES string of the molecule is Cc1ccc2cc3ccccc3c(C(=O)O)c2c1C(=O)O. The molecular formula is C17H12O4. The lowest BCUT2D eigenvalue weighted by atomic mass is 9.91. The Morgan fingerprint density at radius 1 is 0.857 bits per heavy atom. The van der Waals surface area contributed by atoms with Crippen molar-refractivity contribution in [2.24, 2.45) is 0 Å². The number of aromatic carboxylic acids is 2. The van der Waals surface area contributed by atoms with Crippen molar-refractivity contribution in [3.8, 4) is 0 Å². The van der Waals surface area contributed by atoms with Crippen molar-refractivity contribution in [1.29, 1.82) is 0 Å². The van der Waals surface area contributed by atoms with Crippen LogP contribution in [0.5, 0.6) is 0 Å². The highest BCUT2D eigenvalue weighted by Crippen LogP contribution is 2.32. The Bertz CT molecular complexity index is 909. The van der Waals surface area contributed by atoms with E-state index in [1.807, 2.05) is 18.2 Å². The molecule has 0 spiro atoms. The van der Waals surface area contributed by atoms with E-state index in [-0.39, 0.29) is 16.5 Å². The fourth-order valence-corrected chi connectivity index (χ4v) is 2.76. The second kappa shape index (κ2) is 4.59. The van der Waals surface area contributed by atoms with Crippen LogP contribution in [-0.4, -0.2) is 22.2 Å². The molecule has 0 saturated heterocycles. The summed E-state index contributed by atoms with van der Waals surface area (Å²) < 4.78 is 0. The number of fused-ring (bicyclic) bond motifs is 2. The molecule has 0 fully saturated rings. The van der Waals surface area contributed by atoms with Crippen LogP contribution in [0.4, 0.5) is 0 Å². The van der Waals surface area contributed by atoms with Crippen LogP contribution >= 0.6 is 0 Å². The van der Waals surface area contributed by atoms with Crippen LogP contribution in [0, 0.1) is 6.92 Å². The number of rotatable bonds is 2. The standard InChI is InChI=1S/C17H12O4/c1-9-6-7-11-8-10-4-2-3-5-12(10)15(17(20)21)14(11)13(9)16(18)19/h2-8H,1H3,(H,18,19)(H,20,21). The summed E-state index contributed by atoms with van der Waals surface area (Å²) >= 11 is 0. The Kier molecular flexibility index (Phi) is 2.87. The molecule has 104 valence electrons. The lowest BCUT2D eigenvalue weighted by molar-refractivity contribution is 0.0695. The zero-order valence-corrected chi connectivity index (χ0v) is 11.3. The van der Waals surface area contributed by atoms with E-state index in [1.165, 1.54) is 0 Å². The number of hydrogen-bond acceptors (Lipinski definition) is 2. The van der Waals surface area contributed by atoms with Crippen molar-refractivity contribution in [2.45, 2.75) is 6.92 Å². The Balaban J connectivity index is 2.66. The highest BCUT2D eigenvalue weighted by molar-refractivity contribution is 6.21. The van der Waals surface area contributed by atoms with Gasteiger partial charge in [0.25, 0.3) is 0 Å². The maximum atomic E-state index is 11.7. The Morgan fingerprint density at radius 2 is 1.52 bits per heavy atom. The molecule has 0 amide bonds. The van der Waals surface area contributed by atoms with Crippen molar-refractivity contribution in [1.82, 2.24) is 0 Å². The molecule has 0 radical (unpaired) electrons. The van der Waals surface area contributed by atoms with E-state index in [2.05, 4.69) is 0 Å². The Morgan fingerprint density at radius 3 is 2.19 bits per heavy atom. The minimum Gasteiger partial charge on any atom is -0.478 e. The molecule has 4 heteroatoms. The van der Waals surface area contributed by atoms with Crippen LogP contribution < -0.4 is 0 Å². The van der Waals surface area contributed by atoms with Crippen LogP contribution in [0.1, 0.15) is 26.3 Å². The fourth-order valence-electron chi connectivity index (χ4n) is 2.76. The van der Waals surface area contributed by atoms with E-state index in [1.54, 1.807) is 31.2 Å². The van der Waals surface area contributed by atoms with Gasteiger partial charge >= 0.3 is 11.9 Å². The Labute approximate surface area is 120 Å². The van der Waals surface area contributed by atoms with Crippen molar-refractivity contribution in [3.63, 3.8) is 0 Å². The van der Waals surface area contributed by atoms with Crippen molar-refractivity contribution in [3.05, 3.63) is 59.2 Å². The van der Waals surface area contributed by atoms with Gasteiger partial charge < -0.3 is 10.2 Å². The third kappa shape index (κ3) is 1.92. The molecule has 0 unspecified atom stereocenters. The molecular weight excluding hydrogens is 268 g/mol. The zero-order valence-electron chi connectivity index (χ0n) is 11.3. The molecule has 3 aromatic carbocycles. The van der Waals surface area contributed by atoms with Gasteiger partial charge in [-0.1, -0.05) is 36.4 Å². The van der Waals surface area contributed by atoms with Gasteiger partial charge in [-0.3, -0.25) is 0 Å². The predicted molar refractivity (Wildman–Crippen MR) is 80.1 cm³/mol. The number of carboxylic acid groups (broad SMARTS) is 2. The molecule has 4 nitrogen and oxygen atoms in total. The topological polar surface area (TPSA) is 74.6 Å². The molecule has 21 heavy (non-hydrogen) atoms. The van der Waals surface area contributed by atoms with Crippen molar-refractivity contribution >= 4 is 33.5 Å². The van der Waals surface area contributed by atoms with Gasteiger partial charge in [-0.25, -0.2) is 9.59 Å². The molecule has 0 bridgehead atoms. The molecule has 3 rings (SSSR count). The summed E-state index contributed by atoms with van der Waals surface area (Å²) in [6.07, 6.45) is 0. The van der Waals surface area contributed by atoms with E-state index in [4.69, 9.17) is 0 Å². The van der Waals surface area contributed by atoms with Crippen LogP contribution in [-0.2, 0) is 0 Å². The van der Waals surface area contributed by atoms with Gasteiger partial charge in [-0.2, -0.15) is 0 Å². The molecule has 0 aliphatic heterocycles. The molecule has 0 heterocycles. The minimum absolute atomic E-state index is 0.0456. The van der Waals surface area contributed by atoms with Gasteiger partial charge in [0, 0.05) is 5.39 Å². The van der Waals surface area contributed by atoms with E-state index in [9.17, 15) is 19.8 Å². The predicted octanol–water partition coefficient (Wildman–Crippen LogP) is 3.70. The van der Waals surface area contributed by atoms with E-state index in [0.29, 0.717) is 16.3 Å². The fraction of sp³-hybridized carbons (Fsp3) is 0.0588. The van der Waals surface area contributed by atoms with Gasteiger partial charge in [0.2, 0.25) is 0 Å². The smallest absolute Gasteiger partial charge is 0.336 e. The van der Waals surface area contributed by atoms with Crippen LogP contribution in [0.2, 0.25) is 0 Å². The van der Waals surface area contributed by atoms with Gasteiger partial charge in [0.15, 0.2) is 0 Å². The minimum atomic E-state index is -1.12. The molecule has 0 saturated carbocycles. The highest BCUT2D eigenvalue weighted by atomic mass is 16.4. The lowest BCUT2D eigenvalue weighted by Gasteiger charge is -2.12. The monoisotopic (exact) mass is 280 g/mol. The second-order valence-corrected chi connectivity index (χ2v) is 4.94. The van der Waals surface area contributed by atoms with Crippen LogP contribution in [0.15, 0.2) is 42.5 Å². The van der Waals surface area contributed by atoms with Crippen LogP contribution in [0.25, 0.3) is 21.5 Å². The normalized spacial score (nSPS) is 10.9. The number of carboxylic acids is 2. The van der Waals surface area contributed by atoms with E-state index in [0.717, 1.165) is 5.39 Å². The van der Waals surface area contributed by atoms with Crippen molar-refractivity contribution in [2.75, 3.05) is 0 Å². The first kappa shape index (κ1) is 13.1. The first-order chi connectivity index (χ1) is 10.0. The summed E-state index contributed by atoms with van der Waals surface area (Å²) in [7, 11) is 0. The van der Waals surface area contributed by atoms with Gasteiger partial charge in [-0.05, 0) is 34.7 Å².